The summed E-state index contributed by atoms with van der Waals surface area (Å²) < 4.78 is 12.7. The zero-order valence-electron chi connectivity index (χ0n) is 9.33. The van der Waals surface area contributed by atoms with E-state index in [1.54, 1.807) is 0 Å². The predicted molar refractivity (Wildman–Crippen MR) is 63.0 cm³/mol. The van der Waals surface area contributed by atoms with E-state index in [0.717, 1.165) is 31.0 Å². The molecule has 0 fully saturated rings. The summed E-state index contributed by atoms with van der Waals surface area (Å²) in [6.07, 6.45) is 0.870. The number of benzene rings is 1. The molecule has 1 aliphatic rings. The van der Waals surface area contributed by atoms with Crippen LogP contribution in [0, 0.1) is 5.82 Å². The summed E-state index contributed by atoms with van der Waals surface area (Å²) in [6.45, 7) is 3.74. The number of hydrogen-bond donors (Lipinski definition) is 2. The smallest absolute Gasteiger partial charge is 0.191 e. The van der Waals surface area contributed by atoms with Crippen molar-refractivity contribution in [1.82, 2.24) is 10.6 Å². The number of halogens is 1. The molecule has 1 atom stereocenters. The molecule has 0 saturated heterocycles. The summed E-state index contributed by atoms with van der Waals surface area (Å²) in [4.78, 5) is 4.30. The van der Waals surface area contributed by atoms with Gasteiger partial charge in [0.05, 0.1) is 6.54 Å². The fourth-order valence-corrected chi connectivity index (χ4v) is 1.64. The van der Waals surface area contributed by atoms with E-state index in [-0.39, 0.29) is 5.82 Å². The van der Waals surface area contributed by atoms with E-state index in [2.05, 4.69) is 22.5 Å². The van der Waals surface area contributed by atoms with Crippen molar-refractivity contribution in [2.45, 2.75) is 19.4 Å². The Bertz CT molecular complexity index is 372. The lowest BCUT2D eigenvalue weighted by molar-refractivity contribution is 0.626. The van der Waals surface area contributed by atoms with Crippen LogP contribution in [-0.4, -0.2) is 25.1 Å². The number of nitrogens with one attached hydrogen (secondary N) is 2. The van der Waals surface area contributed by atoms with Crippen LogP contribution in [0.4, 0.5) is 4.39 Å². The largest absolute Gasteiger partial charge is 0.356 e. The van der Waals surface area contributed by atoms with Crippen LogP contribution >= 0.6 is 0 Å². The third-order valence-corrected chi connectivity index (χ3v) is 2.53. The Labute approximate surface area is 94.8 Å². The van der Waals surface area contributed by atoms with Crippen LogP contribution in [0.5, 0.6) is 0 Å². The van der Waals surface area contributed by atoms with Gasteiger partial charge in [-0.15, -0.1) is 0 Å². The highest BCUT2D eigenvalue weighted by atomic mass is 19.1. The fraction of sp³-hybridized carbons (Fsp3) is 0.417. The van der Waals surface area contributed by atoms with Crippen LogP contribution in [0.15, 0.2) is 29.3 Å². The molecule has 1 unspecified atom stereocenters. The third kappa shape index (κ3) is 2.95. The molecule has 1 aromatic carbocycles. The molecule has 2 N–H and O–H groups in total. The van der Waals surface area contributed by atoms with E-state index in [4.69, 9.17) is 0 Å². The summed E-state index contributed by atoms with van der Waals surface area (Å²) in [5, 5.41) is 6.45. The van der Waals surface area contributed by atoms with Gasteiger partial charge >= 0.3 is 0 Å². The second kappa shape index (κ2) is 4.96. The van der Waals surface area contributed by atoms with E-state index < -0.39 is 0 Å². The van der Waals surface area contributed by atoms with Gasteiger partial charge in [-0.05, 0) is 31.0 Å². The SMILES string of the molecule is CC1CN=C(NCCc2ccc(F)cc2)N1. The second-order valence-corrected chi connectivity index (χ2v) is 4.04. The Morgan fingerprint density at radius 1 is 1.44 bits per heavy atom. The van der Waals surface area contributed by atoms with Crippen LogP contribution in [0.1, 0.15) is 12.5 Å². The maximum absolute atomic E-state index is 12.7. The molecule has 1 aliphatic heterocycles. The van der Waals surface area contributed by atoms with Crippen molar-refractivity contribution < 1.29 is 4.39 Å². The molecular formula is C12H16FN3. The molecule has 3 nitrogen and oxygen atoms in total. The molecule has 2 rings (SSSR count). The first-order valence-electron chi connectivity index (χ1n) is 5.53. The molecule has 86 valence electrons. The number of nitrogens with zero attached hydrogens (tertiary/aromatic N) is 1. The zero-order chi connectivity index (χ0) is 11.4. The zero-order valence-corrected chi connectivity index (χ0v) is 9.33. The number of guanidine groups is 1. The molecule has 0 spiro atoms. The molecular weight excluding hydrogens is 205 g/mol. The molecule has 0 radical (unpaired) electrons. The molecule has 0 saturated carbocycles. The summed E-state index contributed by atoms with van der Waals surface area (Å²) >= 11 is 0. The molecule has 1 aromatic rings. The van der Waals surface area contributed by atoms with Crippen LogP contribution in [0.3, 0.4) is 0 Å². The van der Waals surface area contributed by atoms with Crippen LogP contribution in [0.2, 0.25) is 0 Å². The van der Waals surface area contributed by atoms with E-state index >= 15 is 0 Å². The minimum atomic E-state index is -0.188. The maximum atomic E-state index is 12.7. The van der Waals surface area contributed by atoms with E-state index in [9.17, 15) is 4.39 Å². The van der Waals surface area contributed by atoms with Gasteiger partial charge in [0.2, 0.25) is 0 Å². The Hall–Kier alpha value is -1.58. The molecule has 0 amide bonds. The van der Waals surface area contributed by atoms with Crippen molar-refractivity contribution in [3.8, 4) is 0 Å². The Morgan fingerprint density at radius 3 is 2.81 bits per heavy atom. The summed E-state index contributed by atoms with van der Waals surface area (Å²) in [7, 11) is 0. The van der Waals surface area contributed by atoms with Gasteiger partial charge in [-0.25, -0.2) is 4.39 Å². The lowest BCUT2D eigenvalue weighted by Crippen LogP contribution is -2.38. The Morgan fingerprint density at radius 2 is 2.19 bits per heavy atom. The highest BCUT2D eigenvalue weighted by molar-refractivity contribution is 5.81. The Balaban J connectivity index is 1.74. The van der Waals surface area contributed by atoms with Crippen LogP contribution in [0.25, 0.3) is 0 Å². The monoisotopic (exact) mass is 221 g/mol. The van der Waals surface area contributed by atoms with Gasteiger partial charge < -0.3 is 10.6 Å². The lowest BCUT2D eigenvalue weighted by Gasteiger charge is -2.08. The van der Waals surface area contributed by atoms with Crippen LogP contribution in [-0.2, 0) is 6.42 Å². The quantitative estimate of drug-likeness (QED) is 0.807. The summed E-state index contributed by atoms with van der Waals surface area (Å²) in [5.74, 6) is 0.682. The molecule has 1 heterocycles. The highest BCUT2D eigenvalue weighted by Gasteiger charge is 2.10. The average molecular weight is 221 g/mol. The van der Waals surface area contributed by atoms with E-state index in [1.165, 1.54) is 12.1 Å². The molecule has 16 heavy (non-hydrogen) atoms. The first kappa shape index (κ1) is 10.9. The van der Waals surface area contributed by atoms with Crippen molar-refractivity contribution in [2.75, 3.05) is 13.1 Å². The summed E-state index contributed by atoms with van der Waals surface area (Å²) in [6, 6.07) is 7.02. The van der Waals surface area contributed by atoms with Gasteiger partial charge in [0.15, 0.2) is 5.96 Å². The minimum Gasteiger partial charge on any atom is -0.356 e. The van der Waals surface area contributed by atoms with Crippen molar-refractivity contribution in [2.24, 2.45) is 4.99 Å². The molecule has 0 bridgehead atoms. The van der Waals surface area contributed by atoms with Gasteiger partial charge in [-0.1, -0.05) is 12.1 Å². The van der Waals surface area contributed by atoms with Gasteiger partial charge in [0, 0.05) is 12.6 Å². The standard InChI is InChI=1S/C12H16FN3/c1-9-8-15-12(16-9)14-7-6-10-2-4-11(13)5-3-10/h2-5,9H,6-8H2,1H3,(H2,14,15,16). The van der Waals surface area contributed by atoms with E-state index in [0.29, 0.717) is 6.04 Å². The molecule has 0 aromatic heterocycles. The minimum absolute atomic E-state index is 0.188. The Kier molecular flexibility index (Phi) is 3.39. The van der Waals surface area contributed by atoms with Crippen molar-refractivity contribution in [1.29, 1.82) is 0 Å². The number of hydrogen-bond acceptors (Lipinski definition) is 3. The van der Waals surface area contributed by atoms with Crippen molar-refractivity contribution in [3.63, 3.8) is 0 Å². The predicted octanol–water partition coefficient (Wildman–Crippen LogP) is 1.31. The molecule has 4 heteroatoms. The van der Waals surface area contributed by atoms with Gasteiger partial charge in [-0.3, -0.25) is 4.99 Å². The topological polar surface area (TPSA) is 36.4 Å². The maximum Gasteiger partial charge on any atom is 0.191 e. The van der Waals surface area contributed by atoms with E-state index in [1.807, 2.05) is 12.1 Å². The van der Waals surface area contributed by atoms with Crippen LogP contribution < -0.4 is 10.6 Å². The normalized spacial score (nSPS) is 19.1. The van der Waals surface area contributed by atoms with Gasteiger partial charge in [-0.2, -0.15) is 0 Å². The average Bonchev–Trinajstić information content (AvgIpc) is 2.67. The van der Waals surface area contributed by atoms with Crippen molar-refractivity contribution in [3.05, 3.63) is 35.6 Å². The molecule has 0 aliphatic carbocycles. The third-order valence-electron chi connectivity index (χ3n) is 2.53. The number of aliphatic imine (C=N–C) groups is 1. The first-order chi connectivity index (χ1) is 7.74. The second-order valence-electron chi connectivity index (χ2n) is 4.04. The first-order valence-corrected chi connectivity index (χ1v) is 5.53. The number of rotatable bonds is 3. The van der Waals surface area contributed by atoms with Crippen molar-refractivity contribution >= 4 is 5.96 Å². The highest BCUT2D eigenvalue weighted by Crippen LogP contribution is 2.02. The lowest BCUT2D eigenvalue weighted by atomic mass is 10.1. The fourth-order valence-electron chi connectivity index (χ4n) is 1.64. The summed E-state index contributed by atoms with van der Waals surface area (Å²) in [5.41, 5.74) is 1.13. The van der Waals surface area contributed by atoms with Gasteiger partial charge in [0.25, 0.3) is 0 Å². The van der Waals surface area contributed by atoms with Gasteiger partial charge in [0.1, 0.15) is 5.82 Å².